The summed E-state index contributed by atoms with van der Waals surface area (Å²) in [7, 11) is -3.23. The summed E-state index contributed by atoms with van der Waals surface area (Å²) in [5.74, 6) is 0.396. The van der Waals surface area contributed by atoms with Gasteiger partial charge < -0.3 is 10.2 Å². The lowest BCUT2D eigenvalue weighted by Crippen LogP contribution is -2.43. The number of urea groups is 1. The Morgan fingerprint density at radius 1 is 1.31 bits per heavy atom. The van der Waals surface area contributed by atoms with E-state index in [1.54, 1.807) is 34.8 Å². The highest BCUT2D eigenvalue weighted by Crippen LogP contribution is 2.20. The number of sulfone groups is 1. The van der Waals surface area contributed by atoms with Crippen LogP contribution < -0.4 is 5.32 Å². The molecule has 1 aromatic carbocycles. The van der Waals surface area contributed by atoms with Crippen LogP contribution in [0.4, 0.5) is 10.5 Å². The van der Waals surface area contributed by atoms with Crippen LogP contribution in [0.5, 0.6) is 0 Å². The lowest BCUT2D eigenvalue weighted by molar-refractivity contribution is 0.168. The van der Waals surface area contributed by atoms with Crippen LogP contribution in [0.2, 0.25) is 0 Å². The summed E-state index contributed by atoms with van der Waals surface area (Å²) in [5.41, 5.74) is 0.587. The molecule has 1 aromatic heterocycles. The van der Waals surface area contributed by atoms with Gasteiger partial charge in [-0.15, -0.1) is 5.10 Å². The highest BCUT2D eigenvalue weighted by Gasteiger charge is 2.24. The molecule has 1 N–H and O–H groups in total. The van der Waals surface area contributed by atoms with Crippen molar-refractivity contribution >= 4 is 21.6 Å². The first kappa shape index (κ1) is 18.4. The molecule has 1 saturated heterocycles. The minimum Gasteiger partial charge on any atom is -0.324 e. The van der Waals surface area contributed by atoms with Crippen molar-refractivity contribution in [3.63, 3.8) is 0 Å². The van der Waals surface area contributed by atoms with Gasteiger partial charge in [-0.05, 0) is 43.0 Å². The van der Waals surface area contributed by atoms with Crippen molar-refractivity contribution in [1.82, 2.24) is 19.9 Å². The predicted molar refractivity (Wildman–Crippen MR) is 97.5 cm³/mol. The molecule has 26 heavy (non-hydrogen) atoms. The number of hydrogen-bond donors (Lipinski definition) is 1. The van der Waals surface area contributed by atoms with Gasteiger partial charge in [0.25, 0.3) is 0 Å². The lowest BCUT2D eigenvalue weighted by atomic mass is 9.98. The molecule has 0 bridgehead atoms. The van der Waals surface area contributed by atoms with E-state index < -0.39 is 9.84 Å². The quantitative estimate of drug-likeness (QED) is 0.860. The van der Waals surface area contributed by atoms with E-state index in [-0.39, 0.29) is 16.7 Å². The SMILES string of the molecule is CCS(=O)(=O)c1ccc(NC(=O)N2CCCC(Cn3ccnn3)C2)cc1. The summed E-state index contributed by atoms with van der Waals surface area (Å²) in [6.45, 7) is 3.72. The Hall–Kier alpha value is -2.42. The molecule has 2 amide bonds. The van der Waals surface area contributed by atoms with Crippen molar-refractivity contribution in [2.24, 2.45) is 5.92 Å². The molecule has 1 unspecified atom stereocenters. The minimum absolute atomic E-state index is 0.0552. The summed E-state index contributed by atoms with van der Waals surface area (Å²) >= 11 is 0. The average molecular weight is 377 g/mol. The van der Waals surface area contributed by atoms with Crippen molar-refractivity contribution in [2.75, 3.05) is 24.2 Å². The number of benzene rings is 1. The van der Waals surface area contributed by atoms with Gasteiger partial charge in [0.2, 0.25) is 0 Å². The van der Waals surface area contributed by atoms with Gasteiger partial charge in [0.1, 0.15) is 0 Å². The summed E-state index contributed by atoms with van der Waals surface area (Å²) in [6.07, 6.45) is 5.47. The van der Waals surface area contributed by atoms with Crippen LogP contribution in [0.15, 0.2) is 41.6 Å². The fourth-order valence-corrected chi connectivity index (χ4v) is 3.99. The van der Waals surface area contributed by atoms with Gasteiger partial charge in [0.05, 0.1) is 16.8 Å². The molecule has 0 radical (unpaired) electrons. The molecule has 9 heteroatoms. The van der Waals surface area contributed by atoms with Crippen LogP contribution in [0.25, 0.3) is 0 Å². The summed E-state index contributed by atoms with van der Waals surface area (Å²) in [6, 6.07) is 6.13. The smallest absolute Gasteiger partial charge is 0.321 e. The number of piperidine rings is 1. The molecule has 8 nitrogen and oxygen atoms in total. The number of carbonyl (C=O) groups excluding carboxylic acids is 1. The molecule has 1 fully saturated rings. The third-order valence-corrected chi connectivity index (χ3v) is 6.32. The Morgan fingerprint density at radius 2 is 2.08 bits per heavy atom. The first-order chi connectivity index (χ1) is 12.5. The second-order valence-corrected chi connectivity index (χ2v) is 8.72. The fourth-order valence-electron chi connectivity index (χ4n) is 3.11. The molecular weight excluding hydrogens is 354 g/mol. The number of nitrogens with one attached hydrogen (secondary N) is 1. The number of anilines is 1. The van der Waals surface area contributed by atoms with Crippen LogP contribution >= 0.6 is 0 Å². The lowest BCUT2D eigenvalue weighted by Gasteiger charge is -2.32. The Balaban J connectivity index is 1.58. The van der Waals surface area contributed by atoms with Crippen molar-refractivity contribution in [1.29, 1.82) is 0 Å². The van der Waals surface area contributed by atoms with Crippen LogP contribution in [0.1, 0.15) is 19.8 Å². The van der Waals surface area contributed by atoms with E-state index in [9.17, 15) is 13.2 Å². The van der Waals surface area contributed by atoms with E-state index in [4.69, 9.17) is 0 Å². The maximum atomic E-state index is 12.5. The molecule has 2 heterocycles. The van der Waals surface area contributed by atoms with Gasteiger partial charge >= 0.3 is 6.03 Å². The van der Waals surface area contributed by atoms with E-state index in [0.29, 0.717) is 24.7 Å². The highest BCUT2D eigenvalue weighted by atomic mass is 32.2. The fraction of sp³-hybridized carbons (Fsp3) is 0.471. The standard InChI is InChI=1S/C17H23N5O3S/c1-2-26(24,25)16-7-5-15(6-8-16)19-17(23)21-10-3-4-14(12-21)13-22-11-9-18-20-22/h5-9,11,14H,2-4,10,12-13H2,1H3,(H,19,23). The van der Waals surface area contributed by atoms with Gasteiger partial charge in [-0.1, -0.05) is 12.1 Å². The molecule has 0 aliphatic carbocycles. The Kier molecular flexibility index (Phi) is 5.55. The zero-order valence-electron chi connectivity index (χ0n) is 14.7. The largest absolute Gasteiger partial charge is 0.324 e. The minimum atomic E-state index is -3.23. The van der Waals surface area contributed by atoms with Crippen molar-refractivity contribution < 1.29 is 13.2 Å². The molecular formula is C17H23N5O3S. The molecule has 3 rings (SSSR count). The van der Waals surface area contributed by atoms with Crippen molar-refractivity contribution in [3.8, 4) is 0 Å². The Morgan fingerprint density at radius 3 is 2.73 bits per heavy atom. The van der Waals surface area contributed by atoms with Gasteiger partial charge in [0.15, 0.2) is 9.84 Å². The Labute approximate surface area is 153 Å². The number of amides is 2. The van der Waals surface area contributed by atoms with E-state index in [1.807, 2.05) is 6.20 Å². The molecule has 0 saturated carbocycles. The number of nitrogens with zero attached hydrogens (tertiary/aromatic N) is 4. The summed E-state index contributed by atoms with van der Waals surface area (Å²) in [4.78, 5) is 14.6. The van der Waals surface area contributed by atoms with Crippen molar-refractivity contribution in [2.45, 2.75) is 31.2 Å². The van der Waals surface area contributed by atoms with Crippen LogP contribution in [0, 0.1) is 5.92 Å². The van der Waals surface area contributed by atoms with Gasteiger partial charge in [-0.3, -0.25) is 4.68 Å². The monoisotopic (exact) mass is 377 g/mol. The Bertz CT molecular complexity index is 834. The third kappa shape index (κ3) is 4.40. The van der Waals surface area contributed by atoms with Crippen molar-refractivity contribution in [3.05, 3.63) is 36.7 Å². The first-order valence-electron chi connectivity index (χ1n) is 8.71. The maximum Gasteiger partial charge on any atom is 0.321 e. The maximum absolute atomic E-state index is 12.5. The molecule has 2 aromatic rings. The van der Waals surface area contributed by atoms with E-state index in [0.717, 1.165) is 19.4 Å². The van der Waals surface area contributed by atoms with E-state index in [1.165, 1.54) is 12.1 Å². The summed E-state index contributed by atoms with van der Waals surface area (Å²) < 4.78 is 25.5. The zero-order chi connectivity index (χ0) is 18.6. The first-order valence-corrected chi connectivity index (χ1v) is 10.4. The number of likely N-dealkylation sites (tertiary alicyclic amines) is 1. The number of hydrogen-bond acceptors (Lipinski definition) is 5. The van der Waals surface area contributed by atoms with Gasteiger partial charge in [-0.25, -0.2) is 13.2 Å². The van der Waals surface area contributed by atoms with Crippen LogP contribution in [0.3, 0.4) is 0 Å². The third-order valence-electron chi connectivity index (χ3n) is 4.57. The van der Waals surface area contributed by atoms with Crippen LogP contribution in [-0.2, 0) is 16.4 Å². The highest BCUT2D eigenvalue weighted by molar-refractivity contribution is 7.91. The second kappa shape index (κ2) is 7.86. The molecule has 0 spiro atoms. The van der Waals surface area contributed by atoms with E-state index >= 15 is 0 Å². The molecule has 1 aliphatic heterocycles. The average Bonchev–Trinajstić information content (AvgIpc) is 3.15. The predicted octanol–water partition coefficient (Wildman–Crippen LogP) is 2.02. The number of rotatable bonds is 5. The summed E-state index contributed by atoms with van der Waals surface area (Å²) in [5, 5.41) is 10.6. The van der Waals surface area contributed by atoms with Gasteiger partial charge in [0, 0.05) is 31.5 Å². The normalized spacial score (nSPS) is 17.9. The molecule has 1 aliphatic rings. The number of aromatic nitrogens is 3. The van der Waals surface area contributed by atoms with E-state index in [2.05, 4.69) is 15.6 Å². The number of carbonyl (C=O) groups is 1. The topological polar surface area (TPSA) is 97.2 Å². The van der Waals surface area contributed by atoms with Gasteiger partial charge in [-0.2, -0.15) is 0 Å². The van der Waals surface area contributed by atoms with Crippen LogP contribution in [-0.4, -0.2) is 53.2 Å². The zero-order valence-corrected chi connectivity index (χ0v) is 15.5. The molecule has 140 valence electrons. The molecule has 1 atom stereocenters. The second-order valence-electron chi connectivity index (χ2n) is 6.44.